The van der Waals surface area contributed by atoms with Crippen molar-refractivity contribution in [2.75, 3.05) is 6.61 Å². The molecule has 0 aliphatic carbocycles. The standard InChI is InChI=1S/C7H11O3/c1-7(2)9-5-6(10-7)3-4-8/h6H,3,5H2,1-2H3. The van der Waals surface area contributed by atoms with Crippen molar-refractivity contribution >= 4 is 6.29 Å². The van der Waals surface area contributed by atoms with E-state index in [4.69, 9.17) is 9.47 Å². The molecule has 1 atom stereocenters. The summed E-state index contributed by atoms with van der Waals surface area (Å²) in [5.41, 5.74) is 0. The lowest BCUT2D eigenvalue weighted by atomic mass is 10.3. The fraction of sp³-hybridized carbons (Fsp3) is 0.857. The van der Waals surface area contributed by atoms with Crippen LogP contribution in [0.4, 0.5) is 0 Å². The molecule has 1 heterocycles. The van der Waals surface area contributed by atoms with Gasteiger partial charge >= 0.3 is 0 Å². The molecule has 0 aromatic carbocycles. The second kappa shape index (κ2) is 2.68. The Kier molecular flexibility index (Phi) is 2.06. The summed E-state index contributed by atoms with van der Waals surface area (Å²) in [5, 5.41) is 0. The van der Waals surface area contributed by atoms with Gasteiger partial charge in [0.15, 0.2) is 5.79 Å². The largest absolute Gasteiger partial charge is 0.348 e. The molecular weight excluding hydrogens is 132 g/mol. The number of hydrogen-bond donors (Lipinski definition) is 0. The third kappa shape index (κ3) is 1.78. The molecule has 0 aromatic rings. The summed E-state index contributed by atoms with van der Waals surface area (Å²) in [6, 6.07) is 0. The molecule has 0 saturated carbocycles. The number of ether oxygens (including phenoxy) is 2. The predicted octanol–water partition coefficient (Wildman–Crippen LogP) is 0.638. The van der Waals surface area contributed by atoms with E-state index in [2.05, 4.69) is 0 Å². The van der Waals surface area contributed by atoms with E-state index in [1.165, 1.54) is 0 Å². The monoisotopic (exact) mass is 143 g/mol. The van der Waals surface area contributed by atoms with Crippen LogP contribution in [0.5, 0.6) is 0 Å². The van der Waals surface area contributed by atoms with Crippen molar-refractivity contribution in [3.05, 3.63) is 0 Å². The molecule has 0 N–H and O–H groups in total. The van der Waals surface area contributed by atoms with E-state index in [-0.39, 0.29) is 6.10 Å². The van der Waals surface area contributed by atoms with Crippen LogP contribution in [-0.2, 0) is 14.3 Å². The van der Waals surface area contributed by atoms with Crippen molar-refractivity contribution in [2.24, 2.45) is 0 Å². The summed E-state index contributed by atoms with van der Waals surface area (Å²) in [6.45, 7) is 4.16. The summed E-state index contributed by atoms with van der Waals surface area (Å²) in [5.74, 6) is -0.512. The van der Waals surface area contributed by atoms with Gasteiger partial charge in [0.2, 0.25) is 6.29 Å². The first-order chi connectivity index (χ1) is 4.64. The maximum absolute atomic E-state index is 9.91. The first-order valence-electron chi connectivity index (χ1n) is 3.31. The number of hydrogen-bond acceptors (Lipinski definition) is 3. The van der Waals surface area contributed by atoms with Gasteiger partial charge in [0.05, 0.1) is 12.7 Å². The lowest BCUT2D eigenvalue weighted by Gasteiger charge is -2.15. The van der Waals surface area contributed by atoms with Crippen LogP contribution < -0.4 is 0 Å². The van der Waals surface area contributed by atoms with Crippen LogP contribution in [0.2, 0.25) is 0 Å². The van der Waals surface area contributed by atoms with Crippen LogP contribution in [0.3, 0.4) is 0 Å². The van der Waals surface area contributed by atoms with E-state index in [1.807, 2.05) is 13.8 Å². The van der Waals surface area contributed by atoms with Gasteiger partial charge in [-0.25, -0.2) is 0 Å². The van der Waals surface area contributed by atoms with E-state index < -0.39 is 5.79 Å². The topological polar surface area (TPSA) is 35.5 Å². The summed E-state index contributed by atoms with van der Waals surface area (Å²) in [7, 11) is 0. The van der Waals surface area contributed by atoms with Gasteiger partial charge in [0.25, 0.3) is 0 Å². The quantitative estimate of drug-likeness (QED) is 0.569. The smallest absolute Gasteiger partial charge is 0.201 e. The first kappa shape index (κ1) is 7.69. The molecule has 1 aliphatic heterocycles. The molecular formula is C7H11O3. The highest BCUT2D eigenvalue weighted by atomic mass is 16.7. The summed E-state index contributed by atoms with van der Waals surface area (Å²) in [4.78, 5) is 9.91. The molecule has 0 amide bonds. The van der Waals surface area contributed by atoms with Crippen molar-refractivity contribution in [3.8, 4) is 0 Å². The molecule has 1 unspecified atom stereocenters. The fourth-order valence-electron chi connectivity index (χ4n) is 0.957. The van der Waals surface area contributed by atoms with Crippen LogP contribution >= 0.6 is 0 Å². The maximum Gasteiger partial charge on any atom is 0.201 e. The Bertz CT molecular complexity index is 131. The second-order valence-corrected chi connectivity index (χ2v) is 2.80. The van der Waals surface area contributed by atoms with Gasteiger partial charge in [0.1, 0.15) is 0 Å². The summed E-state index contributed by atoms with van der Waals surface area (Å²) in [6.07, 6.45) is 2.01. The Morgan fingerprint density at radius 1 is 1.70 bits per heavy atom. The second-order valence-electron chi connectivity index (χ2n) is 2.80. The van der Waals surface area contributed by atoms with E-state index in [9.17, 15) is 4.79 Å². The molecule has 1 aliphatic rings. The Morgan fingerprint density at radius 3 is 2.80 bits per heavy atom. The minimum atomic E-state index is -0.512. The fourth-order valence-corrected chi connectivity index (χ4v) is 0.957. The van der Waals surface area contributed by atoms with Crippen molar-refractivity contribution < 1.29 is 14.3 Å². The first-order valence-corrected chi connectivity index (χ1v) is 3.31. The zero-order chi connectivity index (χ0) is 7.61. The van der Waals surface area contributed by atoms with Crippen LogP contribution in [0, 0.1) is 0 Å². The molecule has 3 heteroatoms. The van der Waals surface area contributed by atoms with Crippen molar-refractivity contribution in [1.82, 2.24) is 0 Å². The molecule has 0 aromatic heterocycles. The molecule has 0 spiro atoms. The van der Waals surface area contributed by atoms with Crippen molar-refractivity contribution in [2.45, 2.75) is 32.2 Å². The highest BCUT2D eigenvalue weighted by Crippen LogP contribution is 2.23. The predicted molar refractivity (Wildman–Crippen MR) is 35.2 cm³/mol. The Labute approximate surface area is 60.3 Å². The highest BCUT2D eigenvalue weighted by Gasteiger charge is 2.32. The molecule has 57 valence electrons. The van der Waals surface area contributed by atoms with Crippen LogP contribution in [0.15, 0.2) is 0 Å². The van der Waals surface area contributed by atoms with Gasteiger partial charge in [-0.2, -0.15) is 0 Å². The SMILES string of the molecule is CC1(C)OCC(C[C]=O)O1. The van der Waals surface area contributed by atoms with E-state index in [0.717, 1.165) is 0 Å². The minimum absolute atomic E-state index is 0.0903. The van der Waals surface area contributed by atoms with E-state index >= 15 is 0 Å². The summed E-state index contributed by atoms with van der Waals surface area (Å²) < 4.78 is 10.5. The van der Waals surface area contributed by atoms with Crippen molar-refractivity contribution in [1.29, 1.82) is 0 Å². The average molecular weight is 143 g/mol. The molecule has 3 nitrogen and oxygen atoms in total. The third-order valence-electron chi connectivity index (χ3n) is 1.38. The molecule has 1 fully saturated rings. The zero-order valence-corrected chi connectivity index (χ0v) is 6.22. The highest BCUT2D eigenvalue weighted by molar-refractivity contribution is 5.51. The average Bonchev–Trinajstić information content (AvgIpc) is 2.12. The molecule has 0 bridgehead atoms. The van der Waals surface area contributed by atoms with Crippen LogP contribution in [0.25, 0.3) is 0 Å². The van der Waals surface area contributed by atoms with Crippen molar-refractivity contribution in [3.63, 3.8) is 0 Å². The van der Waals surface area contributed by atoms with E-state index in [0.29, 0.717) is 13.0 Å². The lowest BCUT2D eigenvalue weighted by Crippen LogP contribution is -2.21. The third-order valence-corrected chi connectivity index (χ3v) is 1.38. The number of carbonyl (C=O) groups excluding carboxylic acids is 1. The van der Waals surface area contributed by atoms with Gasteiger partial charge < -0.3 is 9.47 Å². The minimum Gasteiger partial charge on any atom is -0.348 e. The zero-order valence-electron chi connectivity index (χ0n) is 6.22. The van der Waals surface area contributed by atoms with E-state index in [1.54, 1.807) is 6.29 Å². The van der Waals surface area contributed by atoms with Gasteiger partial charge in [0, 0.05) is 6.42 Å². The molecule has 1 radical (unpaired) electrons. The Morgan fingerprint density at radius 2 is 2.40 bits per heavy atom. The lowest BCUT2D eigenvalue weighted by molar-refractivity contribution is -0.137. The maximum atomic E-state index is 9.91. The normalized spacial score (nSPS) is 30.4. The number of rotatable bonds is 2. The molecule has 10 heavy (non-hydrogen) atoms. The molecule has 1 saturated heterocycles. The van der Waals surface area contributed by atoms with Crippen LogP contribution in [0.1, 0.15) is 20.3 Å². The van der Waals surface area contributed by atoms with Crippen LogP contribution in [-0.4, -0.2) is 24.8 Å². The summed E-state index contributed by atoms with van der Waals surface area (Å²) >= 11 is 0. The van der Waals surface area contributed by atoms with Gasteiger partial charge in [-0.15, -0.1) is 0 Å². The van der Waals surface area contributed by atoms with Gasteiger partial charge in [-0.05, 0) is 13.8 Å². The van der Waals surface area contributed by atoms with Gasteiger partial charge in [-0.3, -0.25) is 4.79 Å². The Hall–Kier alpha value is -0.410. The Balaban J connectivity index is 2.35. The molecule has 1 rings (SSSR count). The van der Waals surface area contributed by atoms with Gasteiger partial charge in [-0.1, -0.05) is 0 Å².